The number of rotatable bonds is 5. The normalized spacial score (nSPS) is 20.8. The number of aliphatic hydroxyl groups is 1. The predicted molar refractivity (Wildman–Crippen MR) is 66.8 cm³/mol. The first-order valence-corrected chi connectivity index (χ1v) is 6.89. The quantitative estimate of drug-likeness (QED) is 0.740. The summed E-state index contributed by atoms with van der Waals surface area (Å²) >= 11 is 0. The highest BCUT2D eigenvalue weighted by atomic mass is 16.3. The molecule has 0 unspecified atom stereocenters. The maximum Gasteiger partial charge on any atom is 0.223 e. The van der Waals surface area contributed by atoms with Crippen molar-refractivity contribution in [3.63, 3.8) is 0 Å². The highest BCUT2D eigenvalue weighted by Gasteiger charge is 2.32. The van der Waals surface area contributed by atoms with Crippen LogP contribution >= 0.6 is 0 Å². The van der Waals surface area contributed by atoms with E-state index in [4.69, 9.17) is 5.11 Å². The Morgan fingerprint density at radius 2 is 1.83 bits per heavy atom. The lowest BCUT2D eigenvalue weighted by molar-refractivity contribution is -0.132. The van der Waals surface area contributed by atoms with Crippen LogP contribution in [0.15, 0.2) is 0 Å². The number of nitrogens with zero attached hydrogens (tertiary/aromatic N) is 1. The first-order chi connectivity index (χ1) is 8.70. The molecule has 0 bridgehead atoms. The second-order valence-electron chi connectivity index (χ2n) is 5.27. The summed E-state index contributed by atoms with van der Waals surface area (Å²) in [6, 6.07) is 0.236. The van der Waals surface area contributed by atoms with Gasteiger partial charge < -0.3 is 15.3 Å². The molecule has 102 valence electrons. The topological polar surface area (TPSA) is 69.6 Å². The van der Waals surface area contributed by atoms with Gasteiger partial charge in [0.15, 0.2) is 0 Å². The minimum Gasteiger partial charge on any atom is -0.396 e. The van der Waals surface area contributed by atoms with E-state index >= 15 is 0 Å². The summed E-state index contributed by atoms with van der Waals surface area (Å²) in [7, 11) is 0. The van der Waals surface area contributed by atoms with Crippen LogP contribution in [-0.4, -0.2) is 47.6 Å². The summed E-state index contributed by atoms with van der Waals surface area (Å²) < 4.78 is 0. The largest absolute Gasteiger partial charge is 0.396 e. The second-order valence-corrected chi connectivity index (χ2v) is 5.27. The van der Waals surface area contributed by atoms with Crippen molar-refractivity contribution in [2.24, 2.45) is 5.92 Å². The van der Waals surface area contributed by atoms with E-state index in [2.05, 4.69) is 5.32 Å². The molecule has 0 aromatic rings. The molecule has 5 heteroatoms. The molecule has 2 N–H and O–H groups in total. The fourth-order valence-corrected chi connectivity index (χ4v) is 2.33. The molecule has 0 atom stereocenters. The molecule has 1 saturated carbocycles. The molecule has 2 aliphatic rings. The van der Waals surface area contributed by atoms with Gasteiger partial charge in [-0.1, -0.05) is 0 Å². The number of likely N-dealkylation sites (tertiary alicyclic amines) is 1. The maximum atomic E-state index is 11.7. The summed E-state index contributed by atoms with van der Waals surface area (Å²) in [6.45, 7) is 1.51. The van der Waals surface area contributed by atoms with Gasteiger partial charge in [-0.05, 0) is 32.1 Å². The average molecular weight is 254 g/mol. The van der Waals surface area contributed by atoms with Crippen LogP contribution in [0.25, 0.3) is 0 Å². The lowest BCUT2D eigenvalue weighted by Crippen LogP contribution is -2.46. The number of hydrogen-bond acceptors (Lipinski definition) is 3. The standard InChI is InChI=1S/C13H22N2O3/c16-9-1-2-12(17)15-7-5-11(6-8-15)14-13(18)10-3-4-10/h10-11,16H,1-9H2,(H,14,18). The Hall–Kier alpha value is -1.10. The number of nitrogens with one attached hydrogen (secondary N) is 1. The molecule has 1 aliphatic carbocycles. The Morgan fingerprint density at radius 1 is 1.17 bits per heavy atom. The molecule has 1 heterocycles. The van der Waals surface area contributed by atoms with Crippen LogP contribution in [0.1, 0.15) is 38.5 Å². The SMILES string of the molecule is O=C(NC1CCN(C(=O)CCCO)CC1)C1CC1. The Balaban J connectivity index is 1.67. The molecule has 0 aromatic carbocycles. The molecule has 0 aromatic heterocycles. The van der Waals surface area contributed by atoms with Crippen LogP contribution in [0.3, 0.4) is 0 Å². The fourth-order valence-electron chi connectivity index (χ4n) is 2.33. The van der Waals surface area contributed by atoms with Crippen molar-refractivity contribution in [1.82, 2.24) is 10.2 Å². The maximum absolute atomic E-state index is 11.7. The first-order valence-electron chi connectivity index (χ1n) is 6.89. The van der Waals surface area contributed by atoms with Crippen LogP contribution in [0.5, 0.6) is 0 Å². The Bertz CT molecular complexity index is 307. The number of carbonyl (C=O) groups is 2. The number of carbonyl (C=O) groups excluding carboxylic acids is 2. The zero-order valence-electron chi connectivity index (χ0n) is 10.7. The molecule has 18 heavy (non-hydrogen) atoms. The lowest BCUT2D eigenvalue weighted by atomic mass is 10.0. The van der Waals surface area contributed by atoms with Crippen LogP contribution < -0.4 is 5.32 Å². The lowest BCUT2D eigenvalue weighted by Gasteiger charge is -2.32. The van der Waals surface area contributed by atoms with E-state index in [0.29, 0.717) is 12.8 Å². The monoisotopic (exact) mass is 254 g/mol. The zero-order valence-corrected chi connectivity index (χ0v) is 10.7. The summed E-state index contributed by atoms with van der Waals surface area (Å²) in [6.07, 6.45) is 4.73. The van der Waals surface area contributed by atoms with Crippen LogP contribution in [0, 0.1) is 5.92 Å². The molecule has 0 radical (unpaired) electrons. The van der Waals surface area contributed by atoms with Crippen molar-refractivity contribution in [3.05, 3.63) is 0 Å². The number of piperidine rings is 1. The van der Waals surface area contributed by atoms with Crippen molar-refractivity contribution >= 4 is 11.8 Å². The van der Waals surface area contributed by atoms with Gasteiger partial charge in [-0.25, -0.2) is 0 Å². The predicted octanol–water partition coefficient (Wildman–Crippen LogP) is 0.276. The van der Waals surface area contributed by atoms with E-state index < -0.39 is 0 Å². The highest BCUT2D eigenvalue weighted by Crippen LogP contribution is 2.29. The molecular weight excluding hydrogens is 232 g/mol. The van der Waals surface area contributed by atoms with Crippen molar-refractivity contribution in [2.45, 2.75) is 44.6 Å². The molecule has 0 spiro atoms. The minimum absolute atomic E-state index is 0.0691. The third-order valence-corrected chi connectivity index (χ3v) is 3.69. The van der Waals surface area contributed by atoms with E-state index in [-0.39, 0.29) is 30.4 Å². The number of aliphatic hydroxyl groups excluding tert-OH is 1. The fraction of sp³-hybridized carbons (Fsp3) is 0.846. The van der Waals surface area contributed by atoms with Gasteiger partial charge in [-0.3, -0.25) is 9.59 Å². The van der Waals surface area contributed by atoms with Crippen LogP contribution in [0.4, 0.5) is 0 Å². The van der Waals surface area contributed by atoms with E-state index in [0.717, 1.165) is 38.8 Å². The van der Waals surface area contributed by atoms with Gasteiger partial charge >= 0.3 is 0 Å². The Morgan fingerprint density at radius 3 is 2.39 bits per heavy atom. The van der Waals surface area contributed by atoms with E-state index in [1.807, 2.05) is 4.90 Å². The minimum atomic E-state index is 0.0691. The summed E-state index contributed by atoms with van der Waals surface area (Å²) in [5.74, 6) is 0.574. The third kappa shape index (κ3) is 3.70. The van der Waals surface area contributed by atoms with Gasteiger partial charge in [0.25, 0.3) is 0 Å². The van der Waals surface area contributed by atoms with Crippen LogP contribution in [0.2, 0.25) is 0 Å². The second kappa shape index (κ2) is 6.18. The average Bonchev–Trinajstić information content (AvgIpc) is 3.21. The Kier molecular flexibility index (Phi) is 4.58. The van der Waals surface area contributed by atoms with Crippen molar-refractivity contribution in [2.75, 3.05) is 19.7 Å². The van der Waals surface area contributed by atoms with Gasteiger partial charge in [0.2, 0.25) is 11.8 Å². The van der Waals surface area contributed by atoms with Gasteiger partial charge in [-0.2, -0.15) is 0 Å². The van der Waals surface area contributed by atoms with E-state index in [9.17, 15) is 9.59 Å². The molecule has 1 saturated heterocycles. The van der Waals surface area contributed by atoms with E-state index in [1.165, 1.54) is 0 Å². The molecular formula is C13H22N2O3. The number of hydrogen-bond donors (Lipinski definition) is 2. The first kappa shape index (κ1) is 13.3. The van der Waals surface area contributed by atoms with Gasteiger partial charge in [0, 0.05) is 38.1 Å². The van der Waals surface area contributed by atoms with Gasteiger partial charge in [0.05, 0.1) is 0 Å². The smallest absolute Gasteiger partial charge is 0.223 e. The molecule has 2 fully saturated rings. The summed E-state index contributed by atoms with van der Waals surface area (Å²) in [5.41, 5.74) is 0. The highest BCUT2D eigenvalue weighted by molar-refractivity contribution is 5.81. The number of amides is 2. The van der Waals surface area contributed by atoms with Crippen molar-refractivity contribution in [1.29, 1.82) is 0 Å². The van der Waals surface area contributed by atoms with Gasteiger partial charge in [0.1, 0.15) is 0 Å². The third-order valence-electron chi connectivity index (χ3n) is 3.69. The van der Waals surface area contributed by atoms with Crippen molar-refractivity contribution in [3.8, 4) is 0 Å². The summed E-state index contributed by atoms with van der Waals surface area (Å²) in [4.78, 5) is 25.2. The Labute approximate surface area is 108 Å². The molecule has 5 nitrogen and oxygen atoms in total. The van der Waals surface area contributed by atoms with Crippen LogP contribution in [-0.2, 0) is 9.59 Å². The van der Waals surface area contributed by atoms with Gasteiger partial charge in [-0.15, -0.1) is 0 Å². The van der Waals surface area contributed by atoms with Crippen molar-refractivity contribution < 1.29 is 14.7 Å². The molecule has 2 rings (SSSR count). The molecule has 1 aliphatic heterocycles. The van der Waals surface area contributed by atoms with E-state index in [1.54, 1.807) is 0 Å². The summed E-state index contributed by atoms with van der Waals surface area (Å²) in [5, 5.41) is 11.8. The molecule has 2 amide bonds. The zero-order chi connectivity index (χ0) is 13.0.